The van der Waals surface area contributed by atoms with Gasteiger partial charge in [-0.1, -0.05) is 6.07 Å². The normalized spacial score (nSPS) is 22.8. The minimum atomic E-state index is 0.365. The Labute approximate surface area is 151 Å². The van der Waals surface area contributed by atoms with E-state index in [-0.39, 0.29) is 0 Å². The smallest absolute Gasteiger partial charge is 0.0892 e. The van der Waals surface area contributed by atoms with Crippen molar-refractivity contribution in [3.63, 3.8) is 0 Å². The molecule has 0 N–H and O–H groups in total. The van der Waals surface area contributed by atoms with Crippen LogP contribution in [0.5, 0.6) is 0 Å². The van der Waals surface area contributed by atoms with Gasteiger partial charge >= 0.3 is 0 Å². The summed E-state index contributed by atoms with van der Waals surface area (Å²) in [5, 5.41) is 0. The SMILES string of the molecule is Cc1cccc(COC2CSC3(C2)CN(Cc2scnc2C)C3)n1. The van der Waals surface area contributed by atoms with Gasteiger partial charge in [0.25, 0.3) is 0 Å². The van der Waals surface area contributed by atoms with E-state index in [0.717, 1.165) is 23.7 Å². The number of rotatable bonds is 5. The topological polar surface area (TPSA) is 38.2 Å². The molecule has 0 aliphatic carbocycles. The van der Waals surface area contributed by atoms with Crippen LogP contribution in [0.15, 0.2) is 23.7 Å². The highest BCUT2D eigenvalue weighted by Gasteiger charge is 2.49. The lowest BCUT2D eigenvalue weighted by atomic mass is 9.93. The van der Waals surface area contributed by atoms with E-state index in [9.17, 15) is 0 Å². The first-order chi connectivity index (χ1) is 11.6. The lowest BCUT2D eigenvalue weighted by molar-refractivity contribution is 0.0252. The van der Waals surface area contributed by atoms with Gasteiger partial charge in [0.1, 0.15) is 0 Å². The van der Waals surface area contributed by atoms with Gasteiger partial charge < -0.3 is 4.74 Å². The number of aryl methyl sites for hydroxylation is 2. The minimum absolute atomic E-state index is 0.365. The van der Waals surface area contributed by atoms with Crippen LogP contribution >= 0.6 is 23.1 Å². The van der Waals surface area contributed by atoms with Crippen molar-refractivity contribution < 1.29 is 4.74 Å². The average Bonchev–Trinajstić information content (AvgIpc) is 3.12. The number of thioether (sulfide) groups is 1. The molecular formula is C18H23N3OS2. The Morgan fingerprint density at radius 2 is 2.21 bits per heavy atom. The molecule has 0 aromatic carbocycles. The Balaban J connectivity index is 1.25. The third-order valence-corrected chi connectivity index (χ3v) is 7.32. The van der Waals surface area contributed by atoms with Gasteiger partial charge in [-0.05, 0) is 32.4 Å². The summed E-state index contributed by atoms with van der Waals surface area (Å²) in [5.41, 5.74) is 5.23. The molecule has 2 saturated heterocycles. The van der Waals surface area contributed by atoms with Crippen LogP contribution in [0.1, 0.15) is 28.4 Å². The summed E-state index contributed by atoms with van der Waals surface area (Å²) in [6, 6.07) is 6.13. The van der Waals surface area contributed by atoms with Crippen molar-refractivity contribution >= 4 is 23.1 Å². The molecule has 6 heteroatoms. The van der Waals surface area contributed by atoms with Crippen LogP contribution < -0.4 is 0 Å². The molecule has 0 saturated carbocycles. The van der Waals surface area contributed by atoms with E-state index in [2.05, 4.69) is 39.6 Å². The zero-order valence-corrected chi connectivity index (χ0v) is 15.8. The van der Waals surface area contributed by atoms with Crippen LogP contribution in [0.3, 0.4) is 0 Å². The Morgan fingerprint density at radius 1 is 1.33 bits per heavy atom. The fourth-order valence-corrected chi connectivity index (χ4v) is 6.00. The van der Waals surface area contributed by atoms with E-state index < -0.39 is 0 Å². The van der Waals surface area contributed by atoms with E-state index in [0.29, 0.717) is 17.5 Å². The maximum Gasteiger partial charge on any atom is 0.0892 e. The van der Waals surface area contributed by atoms with Crippen molar-refractivity contribution in [1.82, 2.24) is 14.9 Å². The molecule has 4 nitrogen and oxygen atoms in total. The van der Waals surface area contributed by atoms with Gasteiger partial charge in [-0.2, -0.15) is 0 Å². The van der Waals surface area contributed by atoms with Crippen molar-refractivity contribution in [3.05, 3.63) is 45.7 Å². The van der Waals surface area contributed by atoms with Gasteiger partial charge in [-0.15, -0.1) is 23.1 Å². The van der Waals surface area contributed by atoms with E-state index in [1.54, 1.807) is 11.3 Å². The predicted octanol–water partition coefficient (Wildman–Crippen LogP) is 3.43. The van der Waals surface area contributed by atoms with Crippen LogP contribution in [-0.2, 0) is 17.9 Å². The molecule has 0 amide bonds. The van der Waals surface area contributed by atoms with E-state index >= 15 is 0 Å². The third-order valence-electron chi connectivity index (χ3n) is 4.82. The van der Waals surface area contributed by atoms with Crippen LogP contribution in [0.25, 0.3) is 0 Å². The molecule has 1 unspecified atom stereocenters. The number of thiazole rings is 1. The lowest BCUT2D eigenvalue weighted by Crippen LogP contribution is -2.58. The van der Waals surface area contributed by atoms with Gasteiger partial charge in [0, 0.05) is 40.7 Å². The zero-order chi connectivity index (χ0) is 16.6. The molecule has 2 fully saturated rings. The first-order valence-electron chi connectivity index (χ1n) is 8.41. The summed E-state index contributed by atoms with van der Waals surface area (Å²) in [5.74, 6) is 1.11. The Morgan fingerprint density at radius 3 is 2.96 bits per heavy atom. The maximum atomic E-state index is 6.13. The Bertz CT molecular complexity index is 712. The number of ether oxygens (including phenoxy) is 1. The quantitative estimate of drug-likeness (QED) is 0.816. The van der Waals surface area contributed by atoms with Crippen LogP contribution in [-0.4, -0.2) is 44.6 Å². The second-order valence-corrected chi connectivity index (χ2v) is 9.33. The summed E-state index contributed by atoms with van der Waals surface area (Å²) >= 11 is 3.87. The van der Waals surface area contributed by atoms with Gasteiger partial charge in [0.15, 0.2) is 0 Å². The molecule has 1 spiro atoms. The second kappa shape index (κ2) is 6.75. The largest absolute Gasteiger partial charge is 0.371 e. The number of likely N-dealkylation sites (tertiary alicyclic amines) is 1. The molecule has 2 aromatic rings. The first kappa shape index (κ1) is 16.5. The molecule has 24 heavy (non-hydrogen) atoms. The number of nitrogens with zero attached hydrogens (tertiary/aromatic N) is 3. The molecule has 1 atom stereocenters. The fourth-order valence-electron chi connectivity index (χ4n) is 3.57. The van der Waals surface area contributed by atoms with E-state index in [1.807, 2.05) is 24.6 Å². The molecule has 0 bridgehead atoms. The summed E-state index contributed by atoms with van der Waals surface area (Å²) in [6.07, 6.45) is 1.53. The van der Waals surface area contributed by atoms with Gasteiger partial charge in [-0.3, -0.25) is 9.88 Å². The summed E-state index contributed by atoms with van der Waals surface area (Å²) in [6.45, 7) is 8.17. The fraction of sp³-hybridized carbons (Fsp3) is 0.556. The Hall–Kier alpha value is -0.950. The number of hydrogen-bond donors (Lipinski definition) is 0. The monoisotopic (exact) mass is 361 g/mol. The molecule has 4 rings (SSSR count). The van der Waals surface area contributed by atoms with Crippen LogP contribution in [0.2, 0.25) is 0 Å². The zero-order valence-electron chi connectivity index (χ0n) is 14.2. The third kappa shape index (κ3) is 3.52. The first-order valence-corrected chi connectivity index (χ1v) is 10.3. The van der Waals surface area contributed by atoms with Gasteiger partial charge in [0.05, 0.1) is 29.6 Å². The molecule has 4 heterocycles. The van der Waals surface area contributed by atoms with Crippen molar-refractivity contribution in [2.75, 3.05) is 18.8 Å². The lowest BCUT2D eigenvalue weighted by Gasteiger charge is -2.47. The van der Waals surface area contributed by atoms with Crippen LogP contribution in [0, 0.1) is 13.8 Å². The highest BCUT2D eigenvalue weighted by atomic mass is 32.2. The molecule has 2 aromatic heterocycles. The summed E-state index contributed by atoms with van der Waals surface area (Å²) in [7, 11) is 0. The number of pyridine rings is 1. The standard InChI is InChI=1S/C18H23N3OS2/c1-13-4-3-5-15(20-13)8-22-16-6-18(24-9-16)10-21(11-18)7-17-14(2)19-12-23-17/h3-5,12,16H,6-11H2,1-2H3. The van der Waals surface area contributed by atoms with Crippen molar-refractivity contribution in [3.8, 4) is 0 Å². The molecular weight excluding hydrogens is 338 g/mol. The van der Waals surface area contributed by atoms with Crippen molar-refractivity contribution in [2.45, 2.75) is 44.3 Å². The average molecular weight is 362 g/mol. The molecule has 0 radical (unpaired) electrons. The Kier molecular flexibility index (Phi) is 4.64. The van der Waals surface area contributed by atoms with Crippen molar-refractivity contribution in [2.24, 2.45) is 0 Å². The van der Waals surface area contributed by atoms with Gasteiger partial charge in [0.2, 0.25) is 0 Å². The number of aromatic nitrogens is 2. The molecule has 128 valence electrons. The van der Waals surface area contributed by atoms with Crippen molar-refractivity contribution in [1.29, 1.82) is 0 Å². The maximum absolute atomic E-state index is 6.13. The highest BCUT2D eigenvalue weighted by molar-refractivity contribution is 8.01. The van der Waals surface area contributed by atoms with Gasteiger partial charge in [-0.25, -0.2) is 4.98 Å². The predicted molar refractivity (Wildman–Crippen MR) is 99.5 cm³/mol. The molecule has 2 aliphatic rings. The summed E-state index contributed by atoms with van der Waals surface area (Å²) < 4.78 is 6.55. The van der Waals surface area contributed by atoms with Crippen LogP contribution in [0.4, 0.5) is 0 Å². The minimum Gasteiger partial charge on any atom is -0.371 e. The highest BCUT2D eigenvalue weighted by Crippen LogP contribution is 2.46. The molecule has 2 aliphatic heterocycles. The number of hydrogen-bond acceptors (Lipinski definition) is 6. The van der Waals surface area contributed by atoms with E-state index in [4.69, 9.17) is 4.74 Å². The second-order valence-electron chi connectivity index (χ2n) is 6.91. The summed E-state index contributed by atoms with van der Waals surface area (Å²) in [4.78, 5) is 12.8. The van der Waals surface area contributed by atoms with E-state index in [1.165, 1.54) is 30.1 Å².